The molecule has 144 valence electrons. The van der Waals surface area contributed by atoms with E-state index in [1.807, 2.05) is 6.92 Å². The van der Waals surface area contributed by atoms with Crippen LogP contribution in [0.25, 0.3) is 0 Å². The molecule has 6 nitrogen and oxygen atoms in total. The monoisotopic (exact) mass is 364 g/mol. The summed E-state index contributed by atoms with van der Waals surface area (Å²) in [4.78, 5) is 23.6. The maximum Gasteiger partial charge on any atom is 0.336 e. The van der Waals surface area contributed by atoms with Gasteiger partial charge >= 0.3 is 11.9 Å². The van der Waals surface area contributed by atoms with Gasteiger partial charge in [-0.2, -0.15) is 0 Å². The summed E-state index contributed by atoms with van der Waals surface area (Å²) < 4.78 is 4.76. The van der Waals surface area contributed by atoms with Gasteiger partial charge in [0.15, 0.2) is 0 Å². The minimum absolute atomic E-state index is 0.00722. The van der Waals surface area contributed by atoms with E-state index in [-0.39, 0.29) is 17.3 Å². The average molecular weight is 364 g/mol. The van der Waals surface area contributed by atoms with Crippen molar-refractivity contribution in [1.82, 2.24) is 0 Å². The third-order valence-corrected chi connectivity index (χ3v) is 7.30. The first-order valence-electron chi connectivity index (χ1n) is 9.32. The zero-order chi connectivity index (χ0) is 19.3. The fraction of sp³-hybridized carbons (Fsp3) is 0.700. The standard InChI is InChI=1S/C20H28O6/c1-11-9-15(21)20(3)13(17(23)24)5-4-6-14(20)19(11,2)8-7-12-10-16(22)26-18(12)25/h5,10-11,14-16,21-22H,4,6-9H2,1-3H3,(H,23,24)/t11-,14+,15-,16+,19-,20-/m0/s1. The second kappa shape index (κ2) is 6.50. The third-order valence-electron chi connectivity index (χ3n) is 7.30. The van der Waals surface area contributed by atoms with E-state index in [1.165, 1.54) is 6.08 Å². The van der Waals surface area contributed by atoms with Gasteiger partial charge in [-0.3, -0.25) is 0 Å². The number of hydrogen-bond acceptors (Lipinski definition) is 5. The van der Waals surface area contributed by atoms with Gasteiger partial charge in [-0.15, -0.1) is 0 Å². The molecule has 2 aliphatic carbocycles. The van der Waals surface area contributed by atoms with Gasteiger partial charge in [-0.25, -0.2) is 9.59 Å². The first kappa shape index (κ1) is 19.1. The lowest BCUT2D eigenvalue weighted by Gasteiger charge is -2.59. The lowest BCUT2D eigenvalue weighted by Crippen LogP contribution is -2.57. The molecule has 0 aromatic carbocycles. The molecule has 3 aliphatic rings. The number of hydrogen-bond donors (Lipinski definition) is 3. The van der Waals surface area contributed by atoms with E-state index in [0.717, 1.165) is 6.42 Å². The summed E-state index contributed by atoms with van der Waals surface area (Å²) in [6.45, 7) is 6.12. The number of aliphatic hydroxyl groups is 2. The molecule has 1 aliphatic heterocycles. The van der Waals surface area contributed by atoms with Crippen molar-refractivity contribution < 1.29 is 29.6 Å². The Morgan fingerprint density at radius 2 is 2.04 bits per heavy atom. The summed E-state index contributed by atoms with van der Waals surface area (Å²) >= 11 is 0. The second-order valence-corrected chi connectivity index (χ2v) is 8.48. The Morgan fingerprint density at radius 3 is 2.62 bits per heavy atom. The molecule has 26 heavy (non-hydrogen) atoms. The molecule has 0 spiro atoms. The van der Waals surface area contributed by atoms with Crippen LogP contribution in [0, 0.1) is 22.7 Å². The molecule has 0 aromatic heterocycles. The van der Waals surface area contributed by atoms with E-state index in [2.05, 4.69) is 13.8 Å². The van der Waals surface area contributed by atoms with Gasteiger partial charge in [0.05, 0.1) is 6.10 Å². The number of rotatable bonds is 4. The molecule has 1 heterocycles. The topological polar surface area (TPSA) is 104 Å². The zero-order valence-electron chi connectivity index (χ0n) is 15.6. The summed E-state index contributed by atoms with van der Waals surface area (Å²) in [5, 5.41) is 30.0. The number of cyclic esters (lactones) is 1. The second-order valence-electron chi connectivity index (χ2n) is 8.48. The van der Waals surface area contributed by atoms with Crippen LogP contribution in [0.1, 0.15) is 52.9 Å². The Labute approximate surface area is 153 Å². The van der Waals surface area contributed by atoms with Crippen LogP contribution < -0.4 is 0 Å². The fourth-order valence-corrected chi connectivity index (χ4v) is 5.51. The zero-order valence-corrected chi connectivity index (χ0v) is 15.6. The van der Waals surface area contributed by atoms with Crippen molar-refractivity contribution in [3.8, 4) is 0 Å². The van der Waals surface area contributed by atoms with Crippen LogP contribution in [0.2, 0.25) is 0 Å². The van der Waals surface area contributed by atoms with E-state index < -0.39 is 29.7 Å². The molecule has 0 unspecified atom stereocenters. The Balaban J connectivity index is 1.91. The Kier molecular flexibility index (Phi) is 4.78. The predicted octanol–water partition coefficient (Wildman–Crippen LogP) is 2.40. The molecule has 0 aromatic rings. The van der Waals surface area contributed by atoms with Crippen LogP contribution in [0.15, 0.2) is 23.3 Å². The van der Waals surface area contributed by atoms with Crippen molar-refractivity contribution >= 4 is 11.9 Å². The molecular weight excluding hydrogens is 336 g/mol. The van der Waals surface area contributed by atoms with Gasteiger partial charge in [0.25, 0.3) is 0 Å². The van der Waals surface area contributed by atoms with E-state index >= 15 is 0 Å². The Morgan fingerprint density at radius 1 is 1.35 bits per heavy atom. The van der Waals surface area contributed by atoms with Gasteiger partial charge in [0, 0.05) is 16.6 Å². The molecule has 6 heteroatoms. The number of carboxylic acid groups (broad SMARTS) is 1. The highest BCUT2D eigenvalue weighted by atomic mass is 16.6. The molecule has 3 N–H and O–H groups in total. The molecule has 0 radical (unpaired) electrons. The summed E-state index contributed by atoms with van der Waals surface area (Å²) in [5.41, 5.74) is -0.231. The number of ether oxygens (including phenoxy) is 1. The number of carbonyl (C=O) groups excluding carboxylic acids is 1. The van der Waals surface area contributed by atoms with Crippen molar-refractivity contribution in [3.63, 3.8) is 0 Å². The number of fused-ring (bicyclic) bond motifs is 1. The van der Waals surface area contributed by atoms with Crippen molar-refractivity contribution in [3.05, 3.63) is 23.3 Å². The van der Waals surface area contributed by atoms with Gasteiger partial charge in [0.1, 0.15) is 0 Å². The highest BCUT2D eigenvalue weighted by Crippen LogP contribution is 2.62. The number of allylic oxidation sites excluding steroid dienone is 1. The lowest BCUT2D eigenvalue weighted by molar-refractivity contribution is -0.151. The van der Waals surface area contributed by atoms with Crippen LogP contribution in [0.3, 0.4) is 0 Å². The molecule has 0 bridgehead atoms. The molecule has 1 fully saturated rings. The van der Waals surface area contributed by atoms with E-state index in [0.29, 0.717) is 36.8 Å². The quantitative estimate of drug-likeness (QED) is 0.662. The highest BCUT2D eigenvalue weighted by molar-refractivity contribution is 5.90. The maximum atomic E-state index is 11.8. The number of aliphatic hydroxyl groups excluding tert-OH is 2. The van der Waals surface area contributed by atoms with Crippen LogP contribution >= 0.6 is 0 Å². The highest BCUT2D eigenvalue weighted by Gasteiger charge is 2.59. The van der Waals surface area contributed by atoms with Gasteiger partial charge < -0.3 is 20.1 Å². The molecular formula is C20H28O6. The van der Waals surface area contributed by atoms with Crippen molar-refractivity contribution in [2.24, 2.45) is 22.7 Å². The summed E-state index contributed by atoms with van der Waals surface area (Å²) in [7, 11) is 0. The maximum absolute atomic E-state index is 11.8. The number of aliphatic carboxylic acids is 1. The normalized spacial score (nSPS) is 42.6. The van der Waals surface area contributed by atoms with Crippen molar-refractivity contribution in [2.45, 2.75) is 65.3 Å². The first-order chi connectivity index (χ1) is 12.1. The number of carboxylic acids is 1. The van der Waals surface area contributed by atoms with Gasteiger partial charge in [-0.05, 0) is 55.4 Å². The van der Waals surface area contributed by atoms with Crippen molar-refractivity contribution in [1.29, 1.82) is 0 Å². The summed E-state index contributed by atoms with van der Waals surface area (Å²) in [6.07, 6.45) is 4.51. The lowest BCUT2D eigenvalue weighted by atomic mass is 9.45. The van der Waals surface area contributed by atoms with E-state index in [1.54, 1.807) is 6.08 Å². The Bertz CT molecular complexity index is 680. The third kappa shape index (κ3) is 2.79. The average Bonchev–Trinajstić information content (AvgIpc) is 2.88. The predicted molar refractivity (Wildman–Crippen MR) is 93.9 cm³/mol. The largest absolute Gasteiger partial charge is 0.478 e. The Hall–Kier alpha value is -1.66. The van der Waals surface area contributed by atoms with E-state index in [9.17, 15) is 24.9 Å². The van der Waals surface area contributed by atoms with Gasteiger partial charge in [-0.1, -0.05) is 26.8 Å². The number of esters is 1. The van der Waals surface area contributed by atoms with Crippen LogP contribution in [0.5, 0.6) is 0 Å². The number of carbonyl (C=O) groups is 2. The van der Waals surface area contributed by atoms with E-state index in [4.69, 9.17) is 4.74 Å². The fourth-order valence-electron chi connectivity index (χ4n) is 5.51. The minimum Gasteiger partial charge on any atom is -0.478 e. The first-order valence-corrected chi connectivity index (χ1v) is 9.32. The van der Waals surface area contributed by atoms with Crippen LogP contribution in [0.4, 0.5) is 0 Å². The molecule has 0 amide bonds. The molecule has 3 rings (SSSR count). The summed E-state index contributed by atoms with van der Waals surface area (Å²) in [5.74, 6) is -1.25. The molecule has 0 saturated heterocycles. The van der Waals surface area contributed by atoms with Gasteiger partial charge in [0.2, 0.25) is 6.29 Å². The smallest absolute Gasteiger partial charge is 0.336 e. The molecule has 6 atom stereocenters. The molecule has 1 saturated carbocycles. The minimum atomic E-state index is -1.17. The van der Waals surface area contributed by atoms with Crippen LogP contribution in [-0.4, -0.2) is 39.7 Å². The summed E-state index contributed by atoms with van der Waals surface area (Å²) in [6, 6.07) is 0. The van der Waals surface area contributed by atoms with Crippen LogP contribution in [-0.2, 0) is 14.3 Å². The van der Waals surface area contributed by atoms with Crippen molar-refractivity contribution in [2.75, 3.05) is 0 Å². The SMILES string of the molecule is C[C@H]1C[C@H](O)[C@@]2(C)C(C(=O)O)=CCC[C@@H]2[C@@]1(C)CCC1=C[C@H](O)OC1=O.